The Bertz CT molecular complexity index is 465. The first kappa shape index (κ1) is 12.5. The van der Waals surface area contributed by atoms with Crippen molar-refractivity contribution in [3.63, 3.8) is 0 Å². The van der Waals surface area contributed by atoms with E-state index in [4.69, 9.17) is 0 Å². The lowest BCUT2D eigenvalue weighted by Crippen LogP contribution is -2.25. The highest BCUT2D eigenvalue weighted by Gasteiger charge is 2.25. The van der Waals surface area contributed by atoms with Crippen molar-refractivity contribution in [1.29, 1.82) is 0 Å². The standard InChI is InChI=1S/C14H19NOS/c1-14(2,3)10(9-16)8-13-15-11-6-4-5-7-12(11)17-13/h4-7,10,16H,8-9H2,1-3H3. The van der Waals surface area contributed by atoms with Crippen LogP contribution in [-0.4, -0.2) is 16.7 Å². The van der Waals surface area contributed by atoms with Crippen molar-refractivity contribution in [2.45, 2.75) is 27.2 Å². The van der Waals surface area contributed by atoms with Crippen LogP contribution in [0.15, 0.2) is 24.3 Å². The Balaban J connectivity index is 2.23. The Hall–Kier alpha value is -0.930. The average molecular weight is 249 g/mol. The van der Waals surface area contributed by atoms with E-state index in [2.05, 4.69) is 31.8 Å². The summed E-state index contributed by atoms with van der Waals surface area (Å²) in [6, 6.07) is 8.19. The molecule has 0 aliphatic carbocycles. The number of fused-ring (bicyclic) bond motifs is 1. The lowest BCUT2D eigenvalue weighted by molar-refractivity contribution is 0.131. The summed E-state index contributed by atoms with van der Waals surface area (Å²) in [6.07, 6.45) is 0.860. The fourth-order valence-electron chi connectivity index (χ4n) is 1.86. The van der Waals surface area contributed by atoms with Crippen LogP contribution < -0.4 is 0 Å². The van der Waals surface area contributed by atoms with Gasteiger partial charge >= 0.3 is 0 Å². The number of benzene rings is 1. The van der Waals surface area contributed by atoms with Gasteiger partial charge in [-0.25, -0.2) is 4.98 Å². The summed E-state index contributed by atoms with van der Waals surface area (Å²) < 4.78 is 1.23. The van der Waals surface area contributed by atoms with Crippen LogP contribution in [0.25, 0.3) is 10.2 Å². The summed E-state index contributed by atoms with van der Waals surface area (Å²) in [5, 5.41) is 10.6. The van der Waals surface area contributed by atoms with Crippen molar-refractivity contribution in [3.8, 4) is 0 Å². The second-order valence-corrected chi connectivity index (χ2v) is 6.64. The first-order chi connectivity index (χ1) is 8.00. The molecule has 0 aliphatic heterocycles. The third-order valence-electron chi connectivity index (χ3n) is 3.20. The van der Waals surface area contributed by atoms with Gasteiger partial charge in [-0.1, -0.05) is 32.9 Å². The molecule has 1 N–H and O–H groups in total. The van der Waals surface area contributed by atoms with Gasteiger partial charge in [0.2, 0.25) is 0 Å². The van der Waals surface area contributed by atoms with Crippen molar-refractivity contribution in [3.05, 3.63) is 29.3 Å². The molecule has 3 heteroatoms. The fraction of sp³-hybridized carbons (Fsp3) is 0.500. The van der Waals surface area contributed by atoms with E-state index in [1.165, 1.54) is 4.70 Å². The van der Waals surface area contributed by atoms with E-state index < -0.39 is 0 Å². The Labute approximate surface area is 106 Å². The molecule has 0 aliphatic rings. The second kappa shape index (κ2) is 4.75. The van der Waals surface area contributed by atoms with Gasteiger partial charge < -0.3 is 5.11 Å². The molecule has 0 amide bonds. The van der Waals surface area contributed by atoms with Crippen LogP contribution in [0.5, 0.6) is 0 Å². The van der Waals surface area contributed by atoms with Crippen LogP contribution in [0.3, 0.4) is 0 Å². The maximum absolute atomic E-state index is 9.47. The quantitative estimate of drug-likeness (QED) is 0.903. The summed E-state index contributed by atoms with van der Waals surface area (Å²) in [5.74, 6) is 0.267. The normalized spacial score (nSPS) is 14.1. The fourth-order valence-corrected chi connectivity index (χ4v) is 2.91. The third-order valence-corrected chi connectivity index (χ3v) is 4.26. The van der Waals surface area contributed by atoms with Crippen molar-refractivity contribution >= 4 is 21.6 Å². The molecule has 1 aromatic heterocycles. The molecule has 0 bridgehead atoms. The highest BCUT2D eigenvalue weighted by atomic mass is 32.1. The van der Waals surface area contributed by atoms with Crippen molar-refractivity contribution in [1.82, 2.24) is 4.98 Å². The Morgan fingerprint density at radius 2 is 2.00 bits per heavy atom. The molecule has 2 nitrogen and oxygen atoms in total. The van der Waals surface area contributed by atoms with E-state index in [1.807, 2.05) is 18.2 Å². The topological polar surface area (TPSA) is 33.1 Å². The van der Waals surface area contributed by atoms with Gasteiger partial charge in [-0.2, -0.15) is 0 Å². The van der Waals surface area contributed by atoms with Crippen LogP contribution in [0, 0.1) is 11.3 Å². The number of aliphatic hydroxyl groups excluding tert-OH is 1. The zero-order valence-electron chi connectivity index (χ0n) is 10.6. The summed E-state index contributed by atoms with van der Waals surface area (Å²) in [5.41, 5.74) is 1.19. The maximum Gasteiger partial charge on any atom is 0.0942 e. The van der Waals surface area contributed by atoms with E-state index in [9.17, 15) is 5.11 Å². The molecule has 1 unspecified atom stereocenters. The first-order valence-corrected chi connectivity index (χ1v) is 6.77. The van der Waals surface area contributed by atoms with E-state index >= 15 is 0 Å². The van der Waals surface area contributed by atoms with Crippen molar-refractivity contribution in [2.75, 3.05) is 6.61 Å². The Morgan fingerprint density at radius 3 is 2.59 bits per heavy atom. The minimum Gasteiger partial charge on any atom is -0.396 e. The van der Waals surface area contributed by atoms with Crippen LogP contribution in [0.4, 0.5) is 0 Å². The minimum atomic E-state index is 0.118. The number of hydrogen-bond donors (Lipinski definition) is 1. The molecule has 0 saturated heterocycles. The molecular weight excluding hydrogens is 230 g/mol. The summed E-state index contributed by atoms with van der Waals surface area (Å²) in [7, 11) is 0. The van der Waals surface area contributed by atoms with Gasteiger partial charge in [-0.15, -0.1) is 11.3 Å². The van der Waals surface area contributed by atoms with Gasteiger partial charge in [-0.05, 0) is 23.5 Å². The molecule has 2 aromatic rings. The van der Waals surface area contributed by atoms with Gasteiger partial charge in [0.15, 0.2) is 0 Å². The number of nitrogens with zero attached hydrogens (tertiary/aromatic N) is 1. The number of rotatable bonds is 3. The molecule has 0 radical (unpaired) electrons. The molecule has 0 spiro atoms. The highest BCUT2D eigenvalue weighted by molar-refractivity contribution is 7.18. The minimum absolute atomic E-state index is 0.118. The van der Waals surface area contributed by atoms with Gasteiger partial charge in [0.25, 0.3) is 0 Å². The largest absolute Gasteiger partial charge is 0.396 e. The molecule has 1 atom stereocenters. The molecule has 0 fully saturated rings. The van der Waals surface area contributed by atoms with Gasteiger partial charge in [0.05, 0.1) is 15.2 Å². The number of hydrogen-bond acceptors (Lipinski definition) is 3. The third kappa shape index (κ3) is 2.85. The predicted octanol–water partition coefficient (Wildman–Crippen LogP) is 3.49. The number of thiazole rings is 1. The summed E-state index contributed by atoms with van der Waals surface area (Å²) in [4.78, 5) is 4.62. The molecule has 0 saturated carbocycles. The van der Waals surface area contributed by atoms with E-state index in [-0.39, 0.29) is 17.9 Å². The summed E-state index contributed by atoms with van der Waals surface area (Å²) in [6.45, 7) is 6.73. The second-order valence-electron chi connectivity index (χ2n) is 5.52. The predicted molar refractivity (Wildman–Crippen MR) is 73.4 cm³/mol. The number of aliphatic hydroxyl groups is 1. The first-order valence-electron chi connectivity index (χ1n) is 5.96. The maximum atomic E-state index is 9.47. The molecule has 2 rings (SSSR count). The van der Waals surface area contributed by atoms with Crippen LogP contribution in [-0.2, 0) is 6.42 Å². The van der Waals surface area contributed by atoms with E-state index in [0.717, 1.165) is 16.9 Å². The van der Waals surface area contributed by atoms with Crippen LogP contribution in [0.2, 0.25) is 0 Å². The lowest BCUT2D eigenvalue weighted by Gasteiger charge is -2.28. The molecule has 1 aromatic carbocycles. The smallest absolute Gasteiger partial charge is 0.0942 e. The number of para-hydroxylation sites is 1. The lowest BCUT2D eigenvalue weighted by atomic mass is 9.79. The monoisotopic (exact) mass is 249 g/mol. The molecular formula is C14H19NOS. The number of aromatic nitrogens is 1. The zero-order chi connectivity index (χ0) is 12.5. The van der Waals surface area contributed by atoms with Crippen molar-refractivity contribution < 1.29 is 5.11 Å². The van der Waals surface area contributed by atoms with Gasteiger partial charge in [-0.3, -0.25) is 0 Å². The van der Waals surface area contributed by atoms with Gasteiger partial charge in [0.1, 0.15) is 0 Å². The van der Waals surface area contributed by atoms with E-state index in [0.29, 0.717) is 0 Å². The highest BCUT2D eigenvalue weighted by Crippen LogP contribution is 2.31. The van der Waals surface area contributed by atoms with Crippen molar-refractivity contribution in [2.24, 2.45) is 11.3 Å². The molecule has 1 heterocycles. The van der Waals surface area contributed by atoms with Crippen LogP contribution >= 0.6 is 11.3 Å². The van der Waals surface area contributed by atoms with Crippen LogP contribution in [0.1, 0.15) is 25.8 Å². The average Bonchev–Trinajstić information content (AvgIpc) is 2.66. The zero-order valence-corrected chi connectivity index (χ0v) is 11.4. The molecule has 17 heavy (non-hydrogen) atoms. The molecule has 92 valence electrons. The SMILES string of the molecule is CC(C)(C)C(CO)Cc1nc2ccccc2s1. The Morgan fingerprint density at radius 1 is 1.29 bits per heavy atom. The van der Waals surface area contributed by atoms with E-state index in [1.54, 1.807) is 11.3 Å². The summed E-state index contributed by atoms with van der Waals surface area (Å²) >= 11 is 1.73. The van der Waals surface area contributed by atoms with Gasteiger partial charge in [0, 0.05) is 13.0 Å². The Kier molecular flexibility index (Phi) is 3.50.